The van der Waals surface area contributed by atoms with Crippen LogP contribution in [0.5, 0.6) is 0 Å². The van der Waals surface area contributed by atoms with E-state index in [0.29, 0.717) is 16.6 Å². The van der Waals surface area contributed by atoms with Gasteiger partial charge in [0.1, 0.15) is 5.69 Å². The van der Waals surface area contributed by atoms with Gasteiger partial charge in [0.15, 0.2) is 0 Å². The predicted molar refractivity (Wildman–Crippen MR) is 82.9 cm³/mol. The van der Waals surface area contributed by atoms with Crippen molar-refractivity contribution in [2.75, 3.05) is 0 Å². The van der Waals surface area contributed by atoms with E-state index in [1.807, 2.05) is 29.8 Å². The first kappa shape index (κ1) is 14.5. The molecule has 5 heteroatoms. The van der Waals surface area contributed by atoms with E-state index in [9.17, 15) is 5.11 Å². The highest BCUT2D eigenvalue weighted by Crippen LogP contribution is 2.35. The van der Waals surface area contributed by atoms with Gasteiger partial charge in [-0.05, 0) is 37.5 Å². The largest absolute Gasteiger partial charge is 0.390 e. The van der Waals surface area contributed by atoms with Crippen molar-refractivity contribution in [2.45, 2.75) is 51.6 Å². The number of aliphatic hydroxyl groups is 1. The topological polar surface area (TPSA) is 50.9 Å². The van der Waals surface area contributed by atoms with Gasteiger partial charge in [0.05, 0.1) is 18.0 Å². The van der Waals surface area contributed by atoms with Crippen molar-refractivity contribution >= 4 is 11.6 Å². The number of benzene rings is 1. The minimum absolute atomic E-state index is 0.0640. The zero-order valence-corrected chi connectivity index (χ0v) is 13.0. The Balaban J connectivity index is 2.10. The molecule has 1 saturated carbocycles. The van der Waals surface area contributed by atoms with Crippen LogP contribution < -0.4 is 0 Å². The monoisotopic (exact) mass is 305 g/mol. The van der Waals surface area contributed by atoms with Crippen LogP contribution in [-0.4, -0.2) is 20.1 Å². The Kier molecular flexibility index (Phi) is 4.27. The molecule has 0 spiro atoms. The number of rotatable bonds is 3. The molecule has 0 aliphatic heterocycles. The van der Waals surface area contributed by atoms with Crippen molar-refractivity contribution in [3.05, 3.63) is 40.2 Å². The van der Waals surface area contributed by atoms with Crippen molar-refractivity contribution < 1.29 is 5.11 Å². The lowest BCUT2D eigenvalue weighted by molar-refractivity contribution is 0.273. The maximum absolute atomic E-state index is 9.59. The molecule has 112 valence electrons. The molecule has 0 atom stereocenters. The van der Waals surface area contributed by atoms with E-state index in [4.69, 9.17) is 11.6 Å². The quantitative estimate of drug-likeness (QED) is 0.939. The van der Waals surface area contributed by atoms with Crippen LogP contribution >= 0.6 is 11.6 Å². The van der Waals surface area contributed by atoms with Gasteiger partial charge in [-0.2, -0.15) is 0 Å². The molecule has 2 aromatic rings. The molecular formula is C16H20ClN3O. The number of aliphatic hydroxyl groups excluding tert-OH is 1. The molecule has 0 radical (unpaired) electrons. The van der Waals surface area contributed by atoms with Crippen molar-refractivity contribution in [1.82, 2.24) is 15.0 Å². The summed E-state index contributed by atoms with van der Waals surface area (Å²) in [6, 6.07) is 5.78. The maximum atomic E-state index is 9.59. The van der Waals surface area contributed by atoms with Crippen LogP contribution in [0.2, 0.25) is 5.02 Å². The molecule has 3 rings (SSSR count). The van der Waals surface area contributed by atoms with Gasteiger partial charge in [0.25, 0.3) is 0 Å². The summed E-state index contributed by atoms with van der Waals surface area (Å²) in [6.45, 7) is 1.97. The normalized spacial score (nSPS) is 16.3. The smallest absolute Gasteiger partial charge is 0.112 e. The average Bonchev–Trinajstić information content (AvgIpc) is 2.94. The van der Waals surface area contributed by atoms with E-state index in [0.717, 1.165) is 29.8 Å². The molecular weight excluding hydrogens is 286 g/mol. The maximum Gasteiger partial charge on any atom is 0.112 e. The highest BCUT2D eigenvalue weighted by Gasteiger charge is 2.25. The molecule has 1 aromatic carbocycles. The number of halogens is 1. The van der Waals surface area contributed by atoms with E-state index in [1.165, 1.54) is 19.3 Å². The van der Waals surface area contributed by atoms with Crippen LogP contribution in [0.25, 0.3) is 5.69 Å². The van der Waals surface area contributed by atoms with Crippen LogP contribution in [0.1, 0.15) is 55.0 Å². The summed E-state index contributed by atoms with van der Waals surface area (Å²) in [6.07, 6.45) is 6.03. The lowest BCUT2D eigenvalue weighted by Gasteiger charge is -2.23. The van der Waals surface area contributed by atoms with E-state index in [2.05, 4.69) is 10.3 Å². The molecule has 1 aromatic heterocycles. The van der Waals surface area contributed by atoms with Gasteiger partial charge in [0.2, 0.25) is 0 Å². The first-order chi connectivity index (χ1) is 10.2. The fourth-order valence-corrected chi connectivity index (χ4v) is 3.37. The molecule has 1 heterocycles. The Bertz CT molecular complexity index is 632. The summed E-state index contributed by atoms with van der Waals surface area (Å²) in [4.78, 5) is 0. The number of aromatic nitrogens is 3. The second kappa shape index (κ2) is 6.16. The second-order valence-corrected chi connectivity index (χ2v) is 6.19. The highest BCUT2D eigenvalue weighted by atomic mass is 35.5. The molecule has 1 aliphatic rings. The molecule has 1 fully saturated rings. The predicted octanol–water partition coefficient (Wildman–Crippen LogP) is 3.77. The number of nitrogens with zero attached hydrogens (tertiary/aromatic N) is 3. The Labute approximate surface area is 129 Å². The van der Waals surface area contributed by atoms with Gasteiger partial charge in [-0.1, -0.05) is 42.1 Å². The fourth-order valence-electron chi connectivity index (χ4n) is 3.21. The third-order valence-electron chi connectivity index (χ3n) is 4.32. The van der Waals surface area contributed by atoms with E-state index >= 15 is 0 Å². The molecule has 0 bridgehead atoms. The highest BCUT2D eigenvalue weighted by molar-refractivity contribution is 6.30. The standard InChI is InChI=1S/C16H20ClN3O/c1-11-7-8-13(17)9-15(11)20-16(14(10-21)18-19-20)12-5-3-2-4-6-12/h7-9,12,21H,2-6,10H2,1H3. The van der Waals surface area contributed by atoms with Crippen molar-refractivity contribution in [1.29, 1.82) is 0 Å². The van der Waals surface area contributed by atoms with Gasteiger partial charge < -0.3 is 5.11 Å². The first-order valence-corrected chi connectivity index (χ1v) is 7.90. The van der Waals surface area contributed by atoms with E-state index in [-0.39, 0.29) is 6.61 Å². The first-order valence-electron chi connectivity index (χ1n) is 7.52. The van der Waals surface area contributed by atoms with Crippen molar-refractivity contribution in [3.63, 3.8) is 0 Å². The van der Waals surface area contributed by atoms with Crippen LogP contribution in [0, 0.1) is 6.92 Å². The van der Waals surface area contributed by atoms with Gasteiger partial charge >= 0.3 is 0 Å². The zero-order chi connectivity index (χ0) is 14.8. The molecule has 0 amide bonds. The molecule has 4 nitrogen and oxygen atoms in total. The van der Waals surface area contributed by atoms with Crippen LogP contribution in [0.3, 0.4) is 0 Å². The number of aryl methyl sites for hydroxylation is 1. The summed E-state index contributed by atoms with van der Waals surface area (Å²) in [5.74, 6) is 0.425. The molecule has 0 saturated heterocycles. The SMILES string of the molecule is Cc1ccc(Cl)cc1-n1nnc(CO)c1C1CCCCC1. The minimum atomic E-state index is -0.0640. The fraction of sp³-hybridized carbons (Fsp3) is 0.500. The van der Waals surface area contributed by atoms with Gasteiger partial charge in [-0.25, -0.2) is 4.68 Å². The average molecular weight is 306 g/mol. The lowest BCUT2D eigenvalue weighted by Crippen LogP contribution is -2.13. The number of hydrogen-bond donors (Lipinski definition) is 1. The van der Waals surface area contributed by atoms with Gasteiger partial charge in [-0.3, -0.25) is 0 Å². The molecule has 0 unspecified atom stereocenters. The third kappa shape index (κ3) is 2.83. The van der Waals surface area contributed by atoms with Crippen LogP contribution in [0.15, 0.2) is 18.2 Å². The summed E-state index contributed by atoms with van der Waals surface area (Å²) in [5.41, 5.74) is 3.81. The van der Waals surface area contributed by atoms with E-state index < -0.39 is 0 Å². The van der Waals surface area contributed by atoms with Crippen LogP contribution in [-0.2, 0) is 6.61 Å². The van der Waals surface area contributed by atoms with E-state index in [1.54, 1.807) is 0 Å². The molecule has 21 heavy (non-hydrogen) atoms. The lowest BCUT2D eigenvalue weighted by atomic mass is 9.86. The molecule has 1 N–H and O–H groups in total. The third-order valence-corrected chi connectivity index (χ3v) is 4.55. The van der Waals surface area contributed by atoms with Crippen molar-refractivity contribution in [3.8, 4) is 5.69 Å². The minimum Gasteiger partial charge on any atom is -0.390 e. The summed E-state index contributed by atoms with van der Waals surface area (Å²) >= 11 is 6.13. The summed E-state index contributed by atoms with van der Waals surface area (Å²) in [7, 11) is 0. The summed E-state index contributed by atoms with van der Waals surface area (Å²) < 4.78 is 1.88. The Morgan fingerprint density at radius 3 is 2.76 bits per heavy atom. The Morgan fingerprint density at radius 2 is 2.05 bits per heavy atom. The second-order valence-electron chi connectivity index (χ2n) is 5.76. The zero-order valence-electron chi connectivity index (χ0n) is 12.2. The van der Waals surface area contributed by atoms with Gasteiger partial charge in [0, 0.05) is 10.9 Å². The Morgan fingerprint density at radius 1 is 1.29 bits per heavy atom. The molecule has 1 aliphatic carbocycles. The van der Waals surface area contributed by atoms with Crippen molar-refractivity contribution in [2.24, 2.45) is 0 Å². The number of hydrogen-bond acceptors (Lipinski definition) is 3. The summed E-state index contributed by atoms with van der Waals surface area (Å²) in [5, 5.41) is 18.7. The Hall–Kier alpha value is -1.39. The van der Waals surface area contributed by atoms with Gasteiger partial charge in [-0.15, -0.1) is 5.10 Å². The van der Waals surface area contributed by atoms with Crippen LogP contribution in [0.4, 0.5) is 0 Å².